The molecular weight excluding hydrogens is 434 g/mol. The van der Waals surface area contributed by atoms with Gasteiger partial charge in [-0.25, -0.2) is 0 Å². The number of benzene rings is 3. The molecule has 0 atom stereocenters. The van der Waals surface area contributed by atoms with E-state index in [-0.39, 0.29) is 23.9 Å². The molecule has 1 aliphatic heterocycles. The minimum atomic E-state index is 0.00248. The molecule has 1 amide bonds. The first-order chi connectivity index (χ1) is 17.0. The van der Waals surface area contributed by atoms with Crippen molar-refractivity contribution in [1.29, 1.82) is 0 Å². The Labute approximate surface area is 206 Å². The quantitative estimate of drug-likeness (QED) is 0.434. The van der Waals surface area contributed by atoms with Crippen molar-refractivity contribution in [3.8, 4) is 0 Å². The lowest BCUT2D eigenvalue weighted by Crippen LogP contribution is -2.50. The fourth-order valence-corrected chi connectivity index (χ4v) is 5.31. The molecule has 0 saturated carbocycles. The van der Waals surface area contributed by atoms with Crippen molar-refractivity contribution >= 4 is 16.8 Å². The molecule has 0 aliphatic carbocycles. The topological polar surface area (TPSA) is 45.6 Å². The van der Waals surface area contributed by atoms with Gasteiger partial charge in [-0.15, -0.1) is 0 Å². The van der Waals surface area contributed by atoms with Crippen molar-refractivity contribution in [1.82, 2.24) is 14.4 Å². The molecule has 0 unspecified atom stereocenters. The summed E-state index contributed by atoms with van der Waals surface area (Å²) in [5.41, 5.74) is 5.40. The maximum absolute atomic E-state index is 13.3. The Morgan fingerprint density at radius 3 is 2.03 bits per heavy atom. The molecule has 3 aromatic carbocycles. The molecule has 2 heterocycles. The van der Waals surface area contributed by atoms with Crippen LogP contribution in [0.3, 0.4) is 0 Å². The van der Waals surface area contributed by atoms with Crippen molar-refractivity contribution in [3.05, 3.63) is 118 Å². The first-order valence-corrected chi connectivity index (χ1v) is 12.2. The van der Waals surface area contributed by atoms with E-state index in [1.807, 2.05) is 47.6 Å². The Bertz CT molecular complexity index is 1350. The van der Waals surface area contributed by atoms with Crippen molar-refractivity contribution in [3.63, 3.8) is 0 Å². The molecule has 0 radical (unpaired) electrons. The Morgan fingerprint density at radius 1 is 0.829 bits per heavy atom. The predicted octanol–water partition coefficient (Wildman–Crippen LogP) is 4.55. The third-order valence-electron chi connectivity index (χ3n) is 6.99. The normalized spacial score (nSPS) is 14.5. The number of nitrogens with zero attached hydrogens (tertiary/aromatic N) is 3. The highest BCUT2D eigenvalue weighted by Crippen LogP contribution is 2.29. The van der Waals surface area contributed by atoms with Gasteiger partial charge in [-0.1, -0.05) is 66.7 Å². The van der Waals surface area contributed by atoms with Crippen molar-refractivity contribution in [2.24, 2.45) is 0 Å². The van der Waals surface area contributed by atoms with Gasteiger partial charge >= 0.3 is 0 Å². The Hall–Kier alpha value is -3.70. The van der Waals surface area contributed by atoms with Crippen LogP contribution in [0.25, 0.3) is 10.9 Å². The summed E-state index contributed by atoms with van der Waals surface area (Å²) < 4.78 is 1.92. The minimum absolute atomic E-state index is 0.00248. The first kappa shape index (κ1) is 23.1. The van der Waals surface area contributed by atoms with Crippen molar-refractivity contribution in [2.75, 3.05) is 26.2 Å². The highest BCUT2D eigenvalue weighted by Gasteiger charge is 2.28. The number of amides is 1. The summed E-state index contributed by atoms with van der Waals surface area (Å²) in [4.78, 5) is 30.2. The minimum Gasteiger partial charge on any atom is -0.339 e. The molecule has 1 aromatic heterocycles. The van der Waals surface area contributed by atoms with Crippen LogP contribution >= 0.6 is 0 Å². The Kier molecular flexibility index (Phi) is 6.51. The van der Waals surface area contributed by atoms with Crippen LogP contribution in [0.15, 0.2) is 89.9 Å². The van der Waals surface area contributed by atoms with E-state index in [9.17, 15) is 9.59 Å². The molecule has 1 fully saturated rings. The largest absolute Gasteiger partial charge is 0.339 e. The van der Waals surface area contributed by atoms with Crippen LogP contribution in [0.2, 0.25) is 0 Å². The molecule has 5 rings (SSSR count). The summed E-state index contributed by atoms with van der Waals surface area (Å²) in [5, 5.41) is 0.698. The van der Waals surface area contributed by atoms with Crippen LogP contribution in [0.5, 0.6) is 0 Å². The van der Waals surface area contributed by atoms with E-state index in [0.29, 0.717) is 18.5 Å². The second-order valence-electron chi connectivity index (χ2n) is 9.42. The van der Waals surface area contributed by atoms with E-state index in [4.69, 9.17) is 0 Å². The van der Waals surface area contributed by atoms with Crippen LogP contribution in [-0.4, -0.2) is 46.5 Å². The predicted molar refractivity (Wildman–Crippen MR) is 141 cm³/mol. The van der Waals surface area contributed by atoms with Crippen LogP contribution in [-0.2, 0) is 11.3 Å². The molecule has 4 aromatic rings. The van der Waals surface area contributed by atoms with Gasteiger partial charge in [0.15, 0.2) is 5.43 Å². The fraction of sp³-hybridized carbons (Fsp3) is 0.267. The van der Waals surface area contributed by atoms with E-state index in [0.717, 1.165) is 29.7 Å². The fourth-order valence-electron chi connectivity index (χ4n) is 5.31. The summed E-state index contributed by atoms with van der Waals surface area (Å²) in [5.74, 6) is 0.0877. The molecule has 1 saturated heterocycles. The second-order valence-corrected chi connectivity index (χ2v) is 9.42. The van der Waals surface area contributed by atoms with E-state index in [1.54, 1.807) is 12.3 Å². The van der Waals surface area contributed by atoms with Crippen LogP contribution in [0, 0.1) is 13.8 Å². The molecule has 5 heteroatoms. The highest BCUT2D eigenvalue weighted by molar-refractivity contribution is 5.85. The van der Waals surface area contributed by atoms with Gasteiger partial charge in [-0.2, -0.15) is 0 Å². The summed E-state index contributed by atoms with van der Waals surface area (Å²) in [6.07, 6.45) is 1.75. The summed E-state index contributed by atoms with van der Waals surface area (Å²) in [6, 6.07) is 26.9. The van der Waals surface area contributed by atoms with Gasteiger partial charge in [-0.3, -0.25) is 14.5 Å². The number of rotatable bonds is 5. The number of piperazine rings is 1. The molecule has 0 bridgehead atoms. The smallest absolute Gasteiger partial charge is 0.242 e. The lowest BCUT2D eigenvalue weighted by molar-refractivity contribution is -0.133. The summed E-state index contributed by atoms with van der Waals surface area (Å²) in [7, 11) is 0. The van der Waals surface area contributed by atoms with E-state index in [2.05, 4.69) is 53.4 Å². The van der Waals surface area contributed by atoms with E-state index >= 15 is 0 Å². The average Bonchev–Trinajstić information content (AvgIpc) is 2.87. The molecule has 0 N–H and O–H groups in total. The van der Waals surface area contributed by atoms with Crippen molar-refractivity contribution < 1.29 is 4.79 Å². The van der Waals surface area contributed by atoms with Crippen LogP contribution in [0.1, 0.15) is 28.3 Å². The van der Waals surface area contributed by atoms with Gasteiger partial charge in [0.1, 0.15) is 6.54 Å². The molecular formula is C30H31N3O2. The van der Waals surface area contributed by atoms with Gasteiger partial charge < -0.3 is 9.47 Å². The highest BCUT2D eigenvalue weighted by atomic mass is 16.2. The maximum atomic E-state index is 13.3. The van der Waals surface area contributed by atoms with Gasteiger partial charge in [0, 0.05) is 43.8 Å². The number of pyridine rings is 1. The average molecular weight is 466 g/mol. The standard InChI is InChI=1S/C30H31N3O2/c1-22-19-23(2)29-26(20-22)33(14-13-27(29)34)21-28(35)31-15-17-32(18-16-31)30(24-9-5-3-6-10-24)25-11-7-4-8-12-25/h3-14,19-20,30H,15-18,21H2,1-2H3. The van der Waals surface area contributed by atoms with E-state index < -0.39 is 0 Å². The van der Waals surface area contributed by atoms with Crippen LogP contribution < -0.4 is 5.43 Å². The SMILES string of the molecule is Cc1cc(C)c2c(=O)ccn(CC(=O)N3CCN(C(c4ccccc4)c4ccccc4)CC3)c2c1. The van der Waals surface area contributed by atoms with Gasteiger partial charge in [0.2, 0.25) is 5.91 Å². The number of carbonyl (C=O) groups is 1. The zero-order valence-electron chi connectivity index (χ0n) is 20.4. The molecule has 178 valence electrons. The van der Waals surface area contributed by atoms with E-state index in [1.165, 1.54) is 11.1 Å². The number of aromatic nitrogens is 1. The number of hydrogen-bond donors (Lipinski definition) is 0. The zero-order valence-corrected chi connectivity index (χ0v) is 20.4. The molecule has 0 spiro atoms. The monoisotopic (exact) mass is 465 g/mol. The number of fused-ring (bicyclic) bond motifs is 1. The lowest BCUT2D eigenvalue weighted by atomic mass is 9.96. The van der Waals surface area contributed by atoms with Gasteiger partial charge in [0.25, 0.3) is 0 Å². The number of aryl methyl sites for hydroxylation is 2. The summed E-state index contributed by atoms with van der Waals surface area (Å²) in [6.45, 7) is 7.20. The zero-order chi connectivity index (χ0) is 24.4. The third-order valence-corrected chi connectivity index (χ3v) is 6.99. The molecule has 35 heavy (non-hydrogen) atoms. The summed E-state index contributed by atoms with van der Waals surface area (Å²) >= 11 is 0. The lowest BCUT2D eigenvalue weighted by Gasteiger charge is -2.40. The molecule has 5 nitrogen and oxygen atoms in total. The second kappa shape index (κ2) is 9.88. The van der Waals surface area contributed by atoms with Gasteiger partial charge in [-0.05, 0) is 42.2 Å². The van der Waals surface area contributed by atoms with Crippen LogP contribution in [0.4, 0.5) is 0 Å². The molecule has 1 aliphatic rings. The number of hydrogen-bond acceptors (Lipinski definition) is 3. The number of carbonyl (C=O) groups excluding carboxylic acids is 1. The Balaban J connectivity index is 1.33. The van der Waals surface area contributed by atoms with Gasteiger partial charge in [0.05, 0.1) is 11.6 Å². The maximum Gasteiger partial charge on any atom is 0.242 e. The third kappa shape index (κ3) is 4.77. The Morgan fingerprint density at radius 2 is 1.43 bits per heavy atom. The van der Waals surface area contributed by atoms with Crippen molar-refractivity contribution in [2.45, 2.75) is 26.4 Å². The first-order valence-electron chi connectivity index (χ1n) is 12.2.